The third-order valence-electron chi connectivity index (χ3n) is 4.21. The molecule has 146 valence electrons. The number of hydrogen-bond donors (Lipinski definition) is 1. The number of anilines is 2. The highest BCUT2D eigenvalue weighted by molar-refractivity contribution is 7.92. The Kier molecular flexibility index (Phi) is 7.27. The normalized spacial score (nSPS) is 12.4. The first kappa shape index (κ1) is 21.3. The Morgan fingerprint density at radius 1 is 1.11 bits per heavy atom. The van der Waals surface area contributed by atoms with Crippen molar-refractivity contribution in [2.45, 2.75) is 39.2 Å². The molecule has 5 nitrogen and oxygen atoms in total. The Bertz CT molecular complexity index is 865. The van der Waals surface area contributed by atoms with Gasteiger partial charge in [0, 0.05) is 10.7 Å². The summed E-state index contributed by atoms with van der Waals surface area (Å²) >= 11 is 5.88. The van der Waals surface area contributed by atoms with Crippen LogP contribution in [-0.2, 0) is 21.2 Å². The van der Waals surface area contributed by atoms with Crippen LogP contribution in [0.15, 0.2) is 48.5 Å². The van der Waals surface area contributed by atoms with Crippen molar-refractivity contribution in [2.75, 3.05) is 15.9 Å². The van der Waals surface area contributed by atoms with Crippen LogP contribution in [0.3, 0.4) is 0 Å². The summed E-state index contributed by atoms with van der Waals surface area (Å²) in [7, 11) is -3.65. The van der Waals surface area contributed by atoms with Crippen molar-refractivity contribution in [1.82, 2.24) is 0 Å². The zero-order chi connectivity index (χ0) is 20.0. The highest BCUT2D eigenvalue weighted by Crippen LogP contribution is 2.23. The zero-order valence-corrected chi connectivity index (χ0v) is 17.3. The van der Waals surface area contributed by atoms with Crippen LogP contribution >= 0.6 is 11.6 Å². The van der Waals surface area contributed by atoms with Crippen LogP contribution in [0.4, 0.5) is 11.4 Å². The van der Waals surface area contributed by atoms with E-state index in [1.165, 1.54) is 5.56 Å². The molecular weight excluding hydrogens is 384 g/mol. The minimum atomic E-state index is -3.65. The Labute approximate surface area is 166 Å². The molecule has 0 saturated heterocycles. The van der Waals surface area contributed by atoms with Crippen LogP contribution in [0.25, 0.3) is 0 Å². The lowest BCUT2D eigenvalue weighted by atomic mass is 10.1. The molecule has 1 atom stereocenters. The summed E-state index contributed by atoms with van der Waals surface area (Å²) in [5.41, 5.74) is 2.23. The first-order valence-corrected chi connectivity index (χ1v) is 11.1. The average molecular weight is 409 g/mol. The number of nitrogens with one attached hydrogen (secondary N) is 1. The lowest BCUT2D eigenvalue weighted by Crippen LogP contribution is -2.45. The smallest absolute Gasteiger partial charge is 0.247 e. The maximum atomic E-state index is 12.7. The van der Waals surface area contributed by atoms with Gasteiger partial charge in [-0.25, -0.2) is 8.42 Å². The number of sulfonamides is 1. The van der Waals surface area contributed by atoms with E-state index in [1.807, 2.05) is 24.3 Å². The van der Waals surface area contributed by atoms with E-state index >= 15 is 0 Å². The fourth-order valence-electron chi connectivity index (χ4n) is 2.78. The molecule has 27 heavy (non-hydrogen) atoms. The summed E-state index contributed by atoms with van der Waals surface area (Å²) in [5, 5.41) is 3.28. The number of halogens is 1. The fraction of sp³-hybridized carbons (Fsp3) is 0.350. The second-order valence-corrected chi connectivity index (χ2v) is 8.80. The van der Waals surface area contributed by atoms with E-state index in [9.17, 15) is 13.2 Å². The molecule has 1 amide bonds. The molecule has 7 heteroatoms. The summed E-state index contributed by atoms with van der Waals surface area (Å²) in [6, 6.07) is 13.0. The minimum Gasteiger partial charge on any atom is -0.324 e. The molecule has 0 spiro atoms. The fourth-order valence-corrected chi connectivity index (χ4v) is 4.08. The van der Waals surface area contributed by atoms with Crippen LogP contribution in [-0.4, -0.2) is 26.6 Å². The zero-order valence-electron chi connectivity index (χ0n) is 15.8. The third-order valence-corrected chi connectivity index (χ3v) is 5.70. The Morgan fingerprint density at radius 3 is 2.22 bits per heavy atom. The molecule has 0 saturated carbocycles. The van der Waals surface area contributed by atoms with Crippen LogP contribution in [0, 0.1) is 0 Å². The van der Waals surface area contributed by atoms with E-state index in [1.54, 1.807) is 31.2 Å². The monoisotopic (exact) mass is 408 g/mol. The molecule has 2 aromatic carbocycles. The van der Waals surface area contributed by atoms with E-state index < -0.39 is 22.0 Å². The summed E-state index contributed by atoms with van der Waals surface area (Å²) < 4.78 is 25.6. The third kappa shape index (κ3) is 5.97. The van der Waals surface area contributed by atoms with Gasteiger partial charge in [-0.1, -0.05) is 37.1 Å². The number of benzene rings is 2. The Balaban J connectivity index is 2.16. The largest absolute Gasteiger partial charge is 0.324 e. The molecule has 0 radical (unpaired) electrons. The lowest BCUT2D eigenvalue weighted by molar-refractivity contribution is -0.116. The standard InChI is InChI=1S/C20H25ClN2O3S/c1-4-5-6-16-7-11-18(12-8-16)22-20(24)15(2)23(27(3,25)26)19-13-9-17(21)10-14-19/h7-15H,4-6H2,1-3H3,(H,22,24)/t15-/m1/s1. The van der Waals surface area contributed by atoms with Gasteiger partial charge in [-0.05, 0) is 61.7 Å². The summed E-state index contributed by atoms with van der Waals surface area (Å²) in [6.45, 7) is 3.70. The molecule has 0 aromatic heterocycles. The number of aryl methyl sites for hydroxylation is 1. The van der Waals surface area contributed by atoms with Gasteiger partial charge in [-0.3, -0.25) is 9.10 Å². The first-order valence-electron chi connectivity index (χ1n) is 8.87. The quantitative estimate of drug-likeness (QED) is 0.700. The Morgan fingerprint density at radius 2 is 1.70 bits per heavy atom. The lowest BCUT2D eigenvalue weighted by Gasteiger charge is -2.28. The van der Waals surface area contributed by atoms with Crippen molar-refractivity contribution in [3.05, 3.63) is 59.1 Å². The van der Waals surface area contributed by atoms with Crippen LogP contribution in [0.5, 0.6) is 0 Å². The highest BCUT2D eigenvalue weighted by Gasteiger charge is 2.29. The van der Waals surface area contributed by atoms with Gasteiger partial charge in [0.05, 0.1) is 11.9 Å². The van der Waals surface area contributed by atoms with E-state index in [2.05, 4.69) is 12.2 Å². The second-order valence-electron chi connectivity index (χ2n) is 6.50. The summed E-state index contributed by atoms with van der Waals surface area (Å²) in [6.07, 6.45) is 4.32. The molecule has 0 heterocycles. The van der Waals surface area contributed by atoms with E-state index in [0.29, 0.717) is 16.4 Å². The van der Waals surface area contributed by atoms with Gasteiger partial charge in [0.1, 0.15) is 6.04 Å². The van der Waals surface area contributed by atoms with E-state index in [4.69, 9.17) is 11.6 Å². The van der Waals surface area contributed by atoms with Crippen LogP contribution in [0.1, 0.15) is 32.3 Å². The predicted octanol–water partition coefficient (Wildman–Crippen LogP) is 4.48. The van der Waals surface area contributed by atoms with Crippen molar-refractivity contribution in [3.8, 4) is 0 Å². The molecular formula is C20H25ClN2O3S. The van der Waals surface area contributed by atoms with Gasteiger partial charge in [-0.15, -0.1) is 0 Å². The number of rotatable bonds is 8. The second kappa shape index (κ2) is 9.24. The number of carbonyl (C=O) groups is 1. The topological polar surface area (TPSA) is 66.5 Å². The van der Waals surface area contributed by atoms with Crippen LogP contribution < -0.4 is 9.62 Å². The molecule has 0 aliphatic rings. The molecule has 0 unspecified atom stereocenters. The van der Waals surface area contributed by atoms with Gasteiger partial charge < -0.3 is 5.32 Å². The van der Waals surface area contributed by atoms with Gasteiger partial charge in [-0.2, -0.15) is 0 Å². The van der Waals surface area contributed by atoms with Gasteiger partial charge >= 0.3 is 0 Å². The number of unbranched alkanes of at least 4 members (excludes halogenated alkanes) is 1. The number of amides is 1. The molecule has 0 aliphatic heterocycles. The van der Waals surface area contributed by atoms with Gasteiger partial charge in [0.25, 0.3) is 0 Å². The minimum absolute atomic E-state index is 0.388. The molecule has 0 fully saturated rings. The van der Waals surface area contributed by atoms with Crippen molar-refractivity contribution < 1.29 is 13.2 Å². The van der Waals surface area contributed by atoms with Crippen molar-refractivity contribution in [2.24, 2.45) is 0 Å². The predicted molar refractivity (Wildman–Crippen MR) is 112 cm³/mol. The van der Waals surface area contributed by atoms with Crippen molar-refractivity contribution >= 4 is 38.9 Å². The maximum Gasteiger partial charge on any atom is 0.247 e. The van der Waals surface area contributed by atoms with E-state index in [0.717, 1.165) is 29.8 Å². The number of hydrogen-bond acceptors (Lipinski definition) is 3. The number of nitrogens with zero attached hydrogens (tertiary/aromatic N) is 1. The molecule has 1 N–H and O–H groups in total. The molecule has 0 aliphatic carbocycles. The Hall–Kier alpha value is -2.05. The SMILES string of the molecule is CCCCc1ccc(NC(=O)[C@@H](C)N(c2ccc(Cl)cc2)S(C)(=O)=O)cc1. The van der Waals surface area contributed by atoms with E-state index in [-0.39, 0.29) is 0 Å². The van der Waals surface area contributed by atoms with Crippen molar-refractivity contribution in [1.29, 1.82) is 0 Å². The maximum absolute atomic E-state index is 12.7. The van der Waals surface area contributed by atoms with Gasteiger partial charge in [0.15, 0.2) is 0 Å². The summed E-state index contributed by atoms with van der Waals surface area (Å²) in [4.78, 5) is 12.7. The molecule has 2 aromatic rings. The molecule has 0 bridgehead atoms. The first-order chi connectivity index (χ1) is 12.7. The summed E-state index contributed by atoms with van der Waals surface area (Å²) in [5.74, 6) is -0.406. The molecule has 2 rings (SSSR count). The van der Waals surface area contributed by atoms with Crippen LogP contribution in [0.2, 0.25) is 5.02 Å². The van der Waals surface area contributed by atoms with Gasteiger partial charge in [0.2, 0.25) is 15.9 Å². The van der Waals surface area contributed by atoms with Crippen molar-refractivity contribution in [3.63, 3.8) is 0 Å². The number of carbonyl (C=O) groups excluding carboxylic acids is 1. The average Bonchev–Trinajstić information content (AvgIpc) is 2.61. The highest BCUT2D eigenvalue weighted by atomic mass is 35.5.